The molecule has 1 atom stereocenters. The van der Waals surface area contributed by atoms with Gasteiger partial charge in [-0.1, -0.05) is 13.8 Å². The van der Waals surface area contributed by atoms with Crippen molar-refractivity contribution in [2.24, 2.45) is 0 Å². The van der Waals surface area contributed by atoms with Crippen LogP contribution in [0, 0.1) is 0 Å². The smallest absolute Gasteiger partial charge is 0.00701 e. The van der Waals surface area contributed by atoms with Crippen molar-refractivity contribution < 1.29 is 0 Å². The molecule has 0 bridgehead atoms. The third-order valence-electron chi connectivity index (χ3n) is 4.14. The van der Waals surface area contributed by atoms with Gasteiger partial charge in [-0.3, -0.25) is 4.90 Å². The van der Waals surface area contributed by atoms with Gasteiger partial charge in [0.2, 0.25) is 0 Å². The van der Waals surface area contributed by atoms with E-state index in [-0.39, 0.29) is 0 Å². The maximum absolute atomic E-state index is 2.57. The van der Waals surface area contributed by atoms with Crippen LogP contribution >= 0.6 is 0 Å². The Morgan fingerprint density at radius 2 is 1.32 bits per heavy atom. The van der Waals surface area contributed by atoms with Crippen LogP contribution in [0.25, 0.3) is 0 Å². The van der Waals surface area contributed by atoms with Crippen molar-refractivity contribution in [3.63, 3.8) is 0 Å². The van der Waals surface area contributed by atoms with Crippen molar-refractivity contribution in [1.82, 2.24) is 9.80 Å². The molecule has 0 aromatic carbocycles. The Labute approximate surface area is 122 Å². The largest absolute Gasteiger partial charge is 0.301 e. The fourth-order valence-electron chi connectivity index (χ4n) is 2.98. The molecule has 0 aliphatic carbocycles. The minimum atomic E-state index is 0.752. The predicted molar refractivity (Wildman–Crippen MR) is 87.8 cm³/mol. The summed E-state index contributed by atoms with van der Waals surface area (Å²) in [4.78, 5) is 5.10. The predicted octanol–water partition coefficient (Wildman–Crippen LogP) is 4.40. The summed E-state index contributed by atoms with van der Waals surface area (Å²) in [6.07, 6.45) is 5.63. The van der Waals surface area contributed by atoms with Gasteiger partial charge in [-0.15, -0.1) is 0 Å². The second-order valence-electron chi connectivity index (χ2n) is 6.16. The highest BCUT2D eigenvalue weighted by Crippen LogP contribution is 2.18. The van der Waals surface area contributed by atoms with Gasteiger partial charge in [0.1, 0.15) is 0 Å². The number of nitrogens with zero attached hydrogens (tertiary/aromatic N) is 2. The second-order valence-corrected chi connectivity index (χ2v) is 6.16. The Balaban J connectivity index is 0.000000303. The van der Waals surface area contributed by atoms with Crippen molar-refractivity contribution >= 4 is 0 Å². The van der Waals surface area contributed by atoms with Crippen LogP contribution in [0.5, 0.6) is 0 Å². The molecule has 0 amide bonds. The van der Waals surface area contributed by atoms with Gasteiger partial charge in [0.15, 0.2) is 0 Å². The van der Waals surface area contributed by atoms with Crippen molar-refractivity contribution in [1.29, 1.82) is 0 Å². The van der Waals surface area contributed by atoms with Gasteiger partial charge >= 0.3 is 0 Å². The summed E-state index contributed by atoms with van der Waals surface area (Å²) in [5, 5.41) is 0. The lowest BCUT2D eigenvalue weighted by atomic mass is 10.2. The summed E-state index contributed by atoms with van der Waals surface area (Å²) in [6, 6.07) is 2.37. The molecular formula is C17H38N2. The molecule has 2 heterocycles. The summed E-state index contributed by atoms with van der Waals surface area (Å²) >= 11 is 0. The van der Waals surface area contributed by atoms with E-state index in [1.807, 2.05) is 13.8 Å². The minimum Gasteiger partial charge on any atom is -0.301 e. The Hall–Kier alpha value is -0.0800. The summed E-state index contributed by atoms with van der Waals surface area (Å²) in [7, 11) is 0. The Morgan fingerprint density at radius 3 is 1.53 bits per heavy atom. The zero-order valence-electron chi connectivity index (χ0n) is 14.6. The van der Waals surface area contributed by atoms with Crippen LogP contribution < -0.4 is 0 Å². The SMILES string of the molecule is CC.CC(C)N1CCCC1.CC(C)N1CCCC1C. The normalized spacial score (nSPS) is 24.2. The molecule has 0 saturated carbocycles. The first kappa shape index (κ1) is 18.9. The highest BCUT2D eigenvalue weighted by Gasteiger charge is 2.21. The van der Waals surface area contributed by atoms with Gasteiger partial charge in [0, 0.05) is 18.1 Å². The van der Waals surface area contributed by atoms with Crippen LogP contribution in [0.3, 0.4) is 0 Å². The van der Waals surface area contributed by atoms with E-state index in [1.54, 1.807) is 0 Å². The fourth-order valence-corrected chi connectivity index (χ4v) is 2.98. The average molecular weight is 271 g/mol. The quantitative estimate of drug-likeness (QED) is 0.734. The molecular weight excluding hydrogens is 232 g/mol. The van der Waals surface area contributed by atoms with Crippen molar-refractivity contribution in [2.75, 3.05) is 19.6 Å². The Kier molecular flexibility index (Phi) is 10.6. The highest BCUT2D eigenvalue weighted by molar-refractivity contribution is 4.77. The molecule has 2 aliphatic heterocycles. The molecule has 0 aromatic heterocycles. The number of hydrogen-bond donors (Lipinski definition) is 0. The van der Waals surface area contributed by atoms with E-state index >= 15 is 0 Å². The van der Waals surface area contributed by atoms with E-state index < -0.39 is 0 Å². The first-order chi connectivity index (χ1) is 9.02. The molecule has 0 N–H and O–H groups in total. The first-order valence-corrected chi connectivity index (χ1v) is 8.52. The maximum atomic E-state index is 2.57. The molecule has 0 spiro atoms. The zero-order chi connectivity index (χ0) is 14.8. The lowest BCUT2D eigenvalue weighted by Crippen LogP contribution is -2.33. The second kappa shape index (κ2) is 10.7. The first-order valence-electron chi connectivity index (χ1n) is 8.52. The third kappa shape index (κ3) is 7.31. The monoisotopic (exact) mass is 270 g/mol. The van der Waals surface area contributed by atoms with E-state index in [0.29, 0.717) is 0 Å². The molecule has 2 rings (SSSR count). The molecule has 116 valence electrons. The molecule has 2 nitrogen and oxygen atoms in total. The lowest BCUT2D eigenvalue weighted by molar-refractivity contribution is 0.216. The van der Waals surface area contributed by atoms with Gasteiger partial charge < -0.3 is 4.90 Å². The number of likely N-dealkylation sites (tertiary alicyclic amines) is 2. The van der Waals surface area contributed by atoms with E-state index in [0.717, 1.165) is 18.1 Å². The average Bonchev–Trinajstić information content (AvgIpc) is 3.02. The van der Waals surface area contributed by atoms with Crippen molar-refractivity contribution in [2.45, 2.75) is 92.3 Å². The zero-order valence-corrected chi connectivity index (χ0v) is 14.6. The number of hydrogen-bond acceptors (Lipinski definition) is 2. The molecule has 2 aliphatic rings. The van der Waals surface area contributed by atoms with Crippen LogP contribution in [-0.4, -0.2) is 47.6 Å². The van der Waals surface area contributed by atoms with E-state index in [1.165, 1.54) is 45.3 Å². The fraction of sp³-hybridized carbons (Fsp3) is 1.00. The molecule has 2 fully saturated rings. The lowest BCUT2D eigenvalue weighted by Gasteiger charge is -2.24. The molecule has 2 saturated heterocycles. The van der Waals surface area contributed by atoms with Crippen LogP contribution in [-0.2, 0) is 0 Å². The summed E-state index contributed by atoms with van der Waals surface area (Å²) in [6.45, 7) is 19.4. The van der Waals surface area contributed by atoms with Gasteiger partial charge in [-0.25, -0.2) is 0 Å². The summed E-state index contributed by atoms with van der Waals surface area (Å²) in [5.74, 6) is 0. The molecule has 1 unspecified atom stereocenters. The maximum Gasteiger partial charge on any atom is 0.00701 e. The van der Waals surface area contributed by atoms with E-state index in [2.05, 4.69) is 44.4 Å². The Morgan fingerprint density at radius 1 is 0.789 bits per heavy atom. The number of rotatable bonds is 2. The van der Waals surface area contributed by atoms with Crippen LogP contribution in [0.2, 0.25) is 0 Å². The highest BCUT2D eigenvalue weighted by atomic mass is 15.2. The van der Waals surface area contributed by atoms with Gasteiger partial charge in [0.25, 0.3) is 0 Å². The molecule has 19 heavy (non-hydrogen) atoms. The standard InChI is InChI=1S/C8H17N.C7H15N.C2H6/c1-7(2)9-6-4-5-8(9)3;1-7(2)8-5-3-4-6-8;1-2/h7-8H,4-6H2,1-3H3;7H,3-6H2,1-2H3;1-2H3. The van der Waals surface area contributed by atoms with Gasteiger partial charge in [-0.2, -0.15) is 0 Å². The molecule has 2 heteroatoms. The summed E-state index contributed by atoms with van der Waals surface area (Å²) < 4.78 is 0. The van der Waals surface area contributed by atoms with Crippen LogP contribution in [0.1, 0.15) is 74.1 Å². The third-order valence-corrected chi connectivity index (χ3v) is 4.14. The van der Waals surface area contributed by atoms with Gasteiger partial charge in [-0.05, 0) is 79.9 Å². The van der Waals surface area contributed by atoms with Crippen LogP contribution in [0.4, 0.5) is 0 Å². The van der Waals surface area contributed by atoms with Gasteiger partial charge in [0.05, 0.1) is 0 Å². The van der Waals surface area contributed by atoms with Crippen molar-refractivity contribution in [3.05, 3.63) is 0 Å². The summed E-state index contributed by atoms with van der Waals surface area (Å²) in [5.41, 5.74) is 0. The van der Waals surface area contributed by atoms with Crippen molar-refractivity contribution in [3.8, 4) is 0 Å². The molecule has 0 radical (unpaired) electrons. The topological polar surface area (TPSA) is 6.48 Å². The van der Waals surface area contributed by atoms with E-state index in [9.17, 15) is 0 Å². The molecule has 0 aromatic rings. The minimum absolute atomic E-state index is 0.752. The van der Waals surface area contributed by atoms with E-state index in [4.69, 9.17) is 0 Å². The van der Waals surface area contributed by atoms with Crippen LogP contribution in [0.15, 0.2) is 0 Å². The Bertz CT molecular complexity index is 195.